The summed E-state index contributed by atoms with van der Waals surface area (Å²) in [6.45, 7) is 6.43. The van der Waals surface area contributed by atoms with Crippen LogP contribution < -0.4 is 5.32 Å². The van der Waals surface area contributed by atoms with Gasteiger partial charge >= 0.3 is 5.97 Å². The van der Waals surface area contributed by atoms with Gasteiger partial charge in [-0.05, 0) is 18.1 Å². The van der Waals surface area contributed by atoms with E-state index in [0.29, 0.717) is 12.5 Å². The molecule has 4 heteroatoms. The SMILES string of the molecule is COC(=O)Cc1ccc(CN2CCNC(C)C2)cc1. The van der Waals surface area contributed by atoms with Crippen LogP contribution in [0.4, 0.5) is 0 Å². The van der Waals surface area contributed by atoms with Crippen LogP contribution in [0.3, 0.4) is 0 Å². The van der Waals surface area contributed by atoms with Crippen LogP contribution >= 0.6 is 0 Å². The van der Waals surface area contributed by atoms with Crippen molar-refractivity contribution in [3.05, 3.63) is 35.4 Å². The molecule has 1 saturated heterocycles. The van der Waals surface area contributed by atoms with Crippen LogP contribution in [0.2, 0.25) is 0 Å². The van der Waals surface area contributed by atoms with Crippen molar-refractivity contribution >= 4 is 5.97 Å². The van der Waals surface area contributed by atoms with Gasteiger partial charge in [-0.2, -0.15) is 0 Å². The maximum Gasteiger partial charge on any atom is 0.309 e. The number of carbonyl (C=O) groups is 1. The molecule has 0 amide bonds. The molecule has 1 fully saturated rings. The zero-order chi connectivity index (χ0) is 13.7. The van der Waals surface area contributed by atoms with Crippen LogP contribution in [0.15, 0.2) is 24.3 Å². The summed E-state index contributed by atoms with van der Waals surface area (Å²) in [6, 6.07) is 8.79. The Balaban J connectivity index is 1.89. The van der Waals surface area contributed by atoms with Gasteiger partial charge in [0.25, 0.3) is 0 Å². The van der Waals surface area contributed by atoms with Crippen molar-refractivity contribution in [3.8, 4) is 0 Å². The molecular formula is C15H22N2O2. The lowest BCUT2D eigenvalue weighted by Gasteiger charge is -2.31. The molecule has 0 aromatic heterocycles. The molecule has 4 nitrogen and oxygen atoms in total. The van der Waals surface area contributed by atoms with Gasteiger partial charge in [0, 0.05) is 32.2 Å². The average molecular weight is 262 g/mol. The van der Waals surface area contributed by atoms with Crippen molar-refractivity contribution in [2.75, 3.05) is 26.7 Å². The molecule has 1 aliphatic heterocycles. The number of rotatable bonds is 4. The molecule has 1 aliphatic rings. The van der Waals surface area contributed by atoms with Gasteiger partial charge < -0.3 is 10.1 Å². The molecule has 1 unspecified atom stereocenters. The number of piperazine rings is 1. The Morgan fingerprint density at radius 1 is 1.37 bits per heavy atom. The van der Waals surface area contributed by atoms with E-state index in [4.69, 9.17) is 0 Å². The number of benzene rings is 1. The number of esters is 1. The van der Waals surface area contributed by atoms with E-state index >= 15 is 0 Å². The first kappa shape index (κ1) is 14.0. The van der Waals surface area contributed by atoms with Crippen LogP contribution in [0.25, 0.3) is 0 Å². The smallest absolute Gasteiger partial charge is 0.309 e. The first-order chi connectivity index (χ1) is 9.17. The van der Waals surface area contributed by atoms with Crippen molar-refractivity contribution in [2.45, 2.75) is 25.9 Å². The Hall–Kier alpha value is -1.39. The number of ether oxygens (including phenoxy) is 1. The molecule has 0 bridgehead atoms. The lowest BCUT2D eigenvalue weighted by molar-refractivity contribution is -0.139. The fraction of sp³-hybridized carbons (Fsp3) is 0.533. The van der Waals surface area contributed by atoms with E-state index in [1.54, 1.807) is 0 Å². The third kappa shape index (κ3) is 4.33. The summed E-state index contributed by atoms with van der Waals surface area (Å²) in [5.41, 5.74) is 2.30. The van der Waals surface area contributed by atoms with E-state index in [2.05, 4.69) is 34.0 Å². The highest BCUT2D eigenvalue weighted by molar-refractivity contribution is 5.72. The van der Waals surface area contributed by atoms with E-state index in [1.807, 2.05) is 12.1 Å². The summed E-state index contributed by atoms with van der Waals surface area (Å²) >= 11 is 0. The van der Waals surface area contributed by atoms with Gasteiger partial charge in [-0.1, -0.05) is 24.3 Å². The summed E-state index contributed by atoms with van der Waals surface area (Å²) in [5.74, 6) is -0.191. The van der Waals surface area contributed by atoms with E-state index in [0.717, 1.165) is 31.7 Å². The van der Waals surface area contributed by atoms with Gasteiger partial charge in [0.15, 0.2) is 0 Å². The molecule has 1 heterocycles. The molecule has 0 saturated carbocycles. The van der Waals surface area contributed by atoms with Crippen molar-refractivity contribution in [3.63, 3.8) is 0 Å². The summed E-state index contributed by atoms with van der Waals surface area (Å²) in [6.07, 6.45) is 0.349. The fourth-order valence-corrected chi connectivity index (χ4v) is 2.42. The number of hydrogen-bond donors (Lipinski definition) is 1. The van der Waals surface area contributed by atoms with Crippen LogP contribution in [0.5, 0.6) is 0 Å². The Bertz CT molecular complexity index is 417. The standard InChI is InChI=1S/C15H22N2O2/c1-12-10-17(8-7-16-12)11-14-5-3-13(4-6-14)9-15(18)19-2/h3-6,12,16H,7-11H2,1-2H3. The lowest BCUT2D eigenvalue weighted by Crippen LogP contribution is -2.48. The maximum absolute atomic E-state index is 11.2. The molecule has 0 spiro atoms. The average Bonchev–Trinajstić information content (AvgIpc) is 2.41. The molecule has 104 valence electrons. The van der Waals surface area contributed by atoms with Gasteiger partial charge in [-0.15, -0.1) is 0 Å². The molecule has 2 rings (SSSR count). The molecule has 1 aromatic carbocycles. The van der Waals surface area contributed by atoms with Gasteiger partial charge in [0.1, 0.15) is 0 Å². The Labute approximate surface area is 114 Å². The van der Waals surface area contributed by atoms with Crippen LogP contribution in [0.1, 0.15) is 18.1 Å². The third-order valence-electron chi connectivity index (χ3n) is 3.46. The predicted octanol–water partition coefficient (Wildman–Crippen LogP) is 1.20. The number of carbonyl (C=O) groups excluding carboxylic acids is 1. The largest absolute Gasteiger partial charge is 0.469 e. The number of nitrogens with one attached hydrogen (secondary N) is 1. The topological polar surface area (TPSA) is 41.6 Å². The molecule has 0 radical (unpaired) electrons. The zero-order valence-electron chi connectivity index (χ0n) is 11.7. The minimum atomic E-state index is -0.191. The Morgan fingerprint density at radius 2 is 2.05 bits per heavy atom. The number of methoxy groups -OCH3 is 1. The van der Waals surface area contributed by atoms with E-state index in [1.165, 1.54) is 12.7 Å². The highest BCUT2D eigenvalue weighted by atomic mass is 16.5. The van der Waals surface area contributed by atoms with E-state index < -0.39 is 0 Å². The first-order valence-electron chi connectivity index (χ1n) is 6.78. The van der Waals surface area contributed by atoms with Gasteiger partial charge in [0.05, 0.1) is 13.5 Å². The van der Waals surface area contributed by atoms with Gasteiger partial charge in [-0.25, -0.2) is 0 Å². The third-order valence-corrected chi connectivity index (χ3v) is 3.46. The van der Waals surface area contributed by atoms with E-state index in [9.17, 15) is 4.79 Å². The van der Waals surface area contributed by atoms with Gasteiger partial charge in [0.2, 0.25) is 0 Å². The van der Waals surface area contributed by atoms with E-state index in [-0.39, 0.29) is 5.97 Å². The second-order valence-electron chi connectivity index (χ2n) is 5.16. The predicted molar refractivity (Wildman–Crippen MR) is 74.9 cm³/mol. The molecule has 0 aliphatic carbocycles. The normalized spacial score (nSPS) is 20.2. The van der Waals surface area contributed by atoms with Crippen LogP contribution in [-0.4, -0.2) is 43.7 Å². The highest BCUT2D eigenvalue weighted by Gasteiger charge is 2.15. The summed E-state index contributed by atoms with van der Waals surface area (Å²) in [5, 5.41) is 3.44. The van der Waals surface area contributed by atoms with Crippen molar-refractivity contribution in [2.24, 2.45) is 0 Å². The first-order valence-corrected chi connectivity index (χ1v) is 6.78. The minimum Gasteiger partial charge on any atom is -0.469 e. The summed E-state index contributed by atoms with van der Waals surface area (Å²) in [7, 11) is 1.42. The number of hydrogen-bond acceptors (Lipinski definition) is 4. The van der Waals surface area contributed by atoms with Crippen LogP contribution in [-0.2, 0) is 22.5 Å². The van der Waals surface area contributed by atoms with Crippen molar-refractivity contribution in [1.82, 2.24) is 10.2 Å². The Morgan fingerprint density at radius 3 is 2.68 bits per heavy atom. The second kappa shape index (κ2) is 6.68. The van der Waals surface area contributed by atoms with Crippen LogP contribution in [0, 0.1) is 0 Å². The van der Waals surface area contributed by atoms with Gasteiger partial charge in [-0.3, -0.25) is 9.69 Å². The highest BCUT2D eigenvalue weighted by Crippen LogP contribution is 2.10. The monoisotopic (exact) mass is 262 g/mol. The lowest BCUT2D eigenvalue weighted by atomic mass is 10.1. The maximum atomic E-state index is 11.2. The summed E-state index contributed by atoms with van der Waals surface area (Å²) in [4.78, 5) is 13.6. The second-order valence-corrected chi connectivity index (χ2v) is 5.16. The fourth-order valence-electron chi connectivity index (χ4n) is 2.42. The summed E-state index contributed by atoms with van der Waals surface area (Å²) < 4.78 is 4.66. The zero-order valence-corrected chi connectivity index (χ0v) is 11.7. The van der Waals surface area contributed by atoms with Crippen molar-refractivity contribution in [1.29, 1.82) is 0 Å². The molecular weight excluding hydrogens is 240 g/mol. The quantitative estimate of drug-likeness (QED) is 0.828. The molecule has 19 heavy (non-hydrogen) atoms. The molecule has 1 N–H and O–H groups in total. The molecule has 1 atom stereocenters. The minimum absolute atomic E-state index is 0.191. The number of nitrogens with zero attached hydrogens (tertiary/aromatic N) is 1. The van der Waals surface area contributed by atoms with Crippen molar-refractivity contribution < 1.29 is 9.53 Å². The molecule has 1 aromatic rings. The Kier molecular flexibility index (Phi) is 4.93.